The topological polar surface area (TPSA) is 87.4 Å². The summed E-state index contributed by atoms with van der Waals surface area (Å²) in [5.74, 6) is 0.472. The minimum absolute atomic E-state index is 0.138. The number of carbonyl (C=O) groups is 1. The molecule has 134 valence electrons. The highest BCUT2D eigenvalue weighted by atomic mass is 16.3. The predicted octanol–water partition coefficient (Wildman–Crippen LogP) is 0.796. The minimum atomic E-state index is -0.984. The molecule has 1 saturated heterocycles. The normalized spacial score (nSPS) is 20.5. The first-order chi connectivity index (χ1) is 12.0. The van der Waals surface area contributed by atoms with Crippen LogP contribution in [0.4, 0.5) is 5.95 Å². The van der Waals surface area contributed by atoms with Crippen LogP contribution in [0.3, 0.4) is 0 Å². The summed E-state index contributed by atoms with van der Waals surface area (Å²) in [6.45, 7) is 4.14. The van der Waals surface area contributed by atoms with Crippen LogP contribution in [0.15, 0.2) is 30.9 Å². The molecule has 0 radical (unpaired) electrons. The van der Waals surface area contributed by atoms with Crippen molar-refractivity contribution in [1.82, 2.24) is 24.6 Å². The van der Waals surface area contributed by atoms with E-state index in [1.165, 1.54) is 0 Å². The lowest BCUT2D eigenvalue weighted by Crippen LogP contribution is -2.55. The van der Waals surface area contributed by atoms with E-state index >= 15 is 0 Å². The highest BCUT2D eigenvalue weighted by Gasteiger charge is 2.36. The van der Waals surface area contributed by atoms with Crippen LogP contribution >= 0.6 is 0 Å². The van der Waals surface area contributed by atoms with Gasteiger partial charge in [-0.2, -0.15) is 5.10 Å². The van der Waals surface area contributed by atoms with E-state index in [1.54, 1.807) is 47.5 Å². The summed E-state index contributed by atoms with van der Waals surface area (Å²) in [5.41, 5.74) is -0.449. The second-order valence-electron chi connectivity index (χ2n) is 6.54. The Morgan fingerprint density at radius 2 is 2.16 bits per heavy atom. The predicted molar refractivity (Wildman–Crippen MR) is 93.3 cm³/mol. The zero-order valence-electron chi connectivity index (χ0n) is 14.7. The zero-order chi connectivity index (χ0) is 17.9. The molecule has 1 aliphatic rings. The lowest BCUT2D eigenvalue weighted by atomic mass is 9.92. The van der Waals surface area contributed by atoms with Crippen LogP contribution < -0.4 is 4.90 Å². The number of hydrogen-bond acceptors (Lipinski definition) is 6. The van der Waals surface area contributed by atoms with E-state index in [0.717, 1.165) is 13.0 Å². The highest BCUT2D eigenvalue weighted by molar-refractivity contribution is 5.93. The number of anilines is 1. The van der Waals surface area contributed by atoms with E-state index in [1.807, 2.05) is 11.8 Å². The largest absolute Gasteiger partial charge is 0.386 e. The average Bonchev–Trinajstić information content (AvgIpc) is 3.10. The van der Waals surface area contributed by atoms with Crippen molar-refractivity contribution in [2.45, 2.75) is 31.9 Å². The number of aromatic nitrogens is 4. The van der Waals surface area contributed by atoms with Gasteiger partial charge in [0.05, 0.1) is 30.5 Å². The maximum absolute atomic E-state index is 12.6. The molecule has 2 aromatic heterocycles. The van der Waals surface area contributed by atoms with Crippen molar-refractivity contribution in [3.63, 3.8) is 0 Å². The lowest BCUT2D eigenvalue weighted by molar-refractivity contribution is -0.000299. The molecule has 0 aliphatic carbocycles. The number of β-amino-alcohol motifs (C(OH)–C–C–N with tert-alkyl or cyclic N) is 1. The Morgan fingerprint density at radius 3 is 2.84 bits per heavy atom. The number of aliphatic hydroxyl groups is 1. The minimum Gasteiger partial charge on any atom is -0.386 e. The van der Waals surface area contributed by atoms with Gasteiger partial charge in [-0.05, 0) is 25.8 Å². The van der Waals surface area contributed by atoms with Crippen LogP contribution in [-0.2, 0) is 6.54 Å². The zero-order valence-corrected chi connectivity index (χ0v) is 14.7. The third kappa shape index (κ3) is 3.96. The van der Waals surface area contributed by atoms with Crippen molar-refractivity contribution in [2.24, 2.45) is 0 Å². The van der Waals surface area contributed by atoms with Crippen LogP contribution in [0.25, 0.3) is 0 Å². The molecule has 0 unspecified atom stereocenters. The Morgan fingerprint density at radius 1 is 1.40 bits per heavy atom. The highest BCUT2D eigenvalue weighted by Crippen LogP contribution is 2.25. The molecule has 1 atom stereocenters. The Hall–Kier alpha value is -2.48. The number of likely N-dealkylation sites (N-methyl/N-ethyl adjacent to an activating group) is 1. The van der Waals surface area contributed by atoms with Gasteiger partial charge in [-0.1, -0.05) is 0 Å². The van der Waals surface area contributed by atoms with Crippen LogP contribution in [0.5, 0.6) is 0 Å². The smallest absolute Gasteiger partial charge is 0.256 e. The first-order valence-electron chi connectivity index (χ1n) is 8.53. The molecule has 1 aliphatic heterocycles. The van der Waals surface area contributed by atoms with Crippen LogP contribution in [0.2, 0.25) is 0 Å². The number of piperidine rings is 1. The molecule has 1 N–H and O–H groups in total. The summed E-state index contributed by atoms with van der Waals surface area (Å²) in [6, 6.07) is 1.77. The van der Waals surface area contributed by atoms with Crippen molar-refractivity contribution < 1.29 is 9.90 Å². The third-order valence-corrected chi connectivity index (χ3v) is 4.47. The van der Waals surface area contributed by atoms with E-state index in [-0.39, 0.29) is 12.5 Å². The quantitative estimate of drug-likeness (QED) is 0.863. The summed E-state index contributed by atoms with van der Waals surface area (Å²) in [4.78, 5) is 24.6. The molecular weight excluding hydrogens is 320 g/mol. The van der Waals surface area contributed by atoms with Crippen molar-refractivity contribution in [2.75, 3.05) is 31.6 Å². The summed E-state index contributed by atoms with van der Waals surface area (Å²) < 4.78 is 1.71. The Kier molecular flexibility index (Phi) is 4.98. The van der Waals surface area contributed by atoms with Gasteiger partial charge in [0.25, 0.3) is 5.91 Å². The second-order valence-corrected chi connectivity index (χ2v) is 6.54. The molecule has 1 amide bonds. The van der Waals surface area contributed by atoms with Gasteiger partial charge in [0.1, 0.15) is 0 Å². The average molecular weight is 344 g/mol. The van der Waals surface area contributed by atoms with Gasteiger partial charge in [-0.25, -0.2) is 9.97 Å². The first kappa shape index (κ1) is 17.3. The molecule has 0 spiro atoms. The summed E-state index contributed by atoms with van der Waals surface area (Å²) >= 11 is 0. The summed E-state index contributed by atoms with van der Waals surface area (Å²) in [7, 11) is 1.71. The van der Waals surface area contributed by atoms with Crippen LogP contribution in [-0.4, -0.2) is 67.9 Å². The van der Waals surface area contributed by atoms with E-state index in [0.29, 0.717) is 31.0 Å². The molecule has 0 saturated carbocycles. The number of carbonyl (C=O) groups excluding carboxylic acids is 1. The lowest BCUT2D eigenvalue weighted by Gasteiger charge is -2.41. The Balaban J connectivity index is 1.66. The summed E-state index contributed by atoms with van der Waals surface area (Å²) in [5, 5.41) is 15.1. The van der Waals surface area contributed by atoms with E-state index in [9.17, 15) is 9.90 Å². The fraction of sp³-hybridized carbons (Fsp3) is 0.529. The Labute approximate surface area is 147 Å². The van der Waals surface area contributed by atoms with Gasteiger partial charge in [-0.3, -0.25) is 9.48 Å². The number of amides is 1. The van der Waals surface area contributed by atoms with Crippen molar-refractivity contribution in [1.29, 1.82) is 0 Å². The van der Waals surface area contributed by atoms with Gasteiger partial charge < -0.3 is 14.9 Å². The fourth-order valence-corrected chi connectivity index (χ4v) is 3.25. The van der Waals surface area contributed by atoms with Gasteiger partial charge in [0.2, 0.25) is 5.95 Å². The molecule has 8 heteroatoms. The van der Waals surface area contributed by atoms with Gasteiger partial charge in [-0.15, -0.1) is 0 Å². The molecule has 8 nitrogen and oxygen atoms in total. The first-order valence-corrected chi connectivity index (χ1v) is 8.53. The van der Waals surface area contributed by atoms with Crippen LogP contribution in [0.1, 0.15) is 30.1 Å². The molecule has 0 bridgehead atoms. The van der Waals surface area contributed by atoms with E-state index in [2.05, 4.69) is 15.1 Å². The number of aryl methyl sites for hydroxylation is 1. The molecule has 2 aromatic rings. The number of hydrogen-bond donors (Lipinski definition) is 1. The SMILES string of the molecule is CCn1cc(C(=O)N(C)C[C@]2(O)CCCN(c3ncccn3)C2)cn1. The Bertz CT molecular complexity index is 719. The molecule has 3 rings (SSSR count). The van der Waals surface area contributed by atoms with Gasteiger partial charge >= 0.3 is 0 Å². The molecule has 25 heavy (non-hydrogen) atoms. The summed E-state index contributed by atoms with van der Waals surface area (Å²) in [6.07, 6.45) is 8.14. The fourth-order valence-electron chi connectivity index (χ4n) is 3.25. The van der Waals surface area contributed by atoms with Gasteiger partial charge in [0, 0.05) is 38.7 Å². The van der Waals surface area contributed by atoms with Crippen LogP contribution in [0, 0.1) is 0 Å². The third-order valence-electron chi connectivity index (χ3n) is 4.47. The molecule has 1 fully saturated rings. The maximum Gasteiger partial charge on any atom is 0.256 e. The van der Waals surface area contributed by atoms with Gasteiger partial charge in [0.15, 0.2) is 0 Å². The van der Waals surface area contributed by atoms with E-state index in [4.69, 9.17) is 0 Å². The van der Waals surface area contributed by atoms with Crippen molar-refractivity contribution >= 4 is 11.9 Å². The number of rotatable bonds is 5. The second kappa shape index (κ2) is 7.18. The van der Waals surface area contributed by atoms with Crippen molar-refractivity contribution in [3.8, 4) is 0 Å². The maximum atomic E-state index is 12.6. The monoisotopic (exact) mass is 344 g/mol. The van der Waals surface area contributed by atoms with E-state index < -0.39 is 5.60 Å². The molecule has 0 aromatic carbocycles. The number of nitrogens with zero attached hydrogens (tertiary/aromatic N) is 6. The molecule has 3 heterocycles. The standard InChI is InChI=1S/C17H24N6O2/c1-3-23-11-14(10-20-23)15(24)21(2)12-17(25)6-4-9-22(13-17)16-18-7-5-8-19-16/h5,7-8,10-11,25H,3-4,6,9,12-13H2,1-2H3/t17-/m1/s1. The van der Waals surface area contributed by atoms with Crippen molar-refractivity contribution in [3.05, 3.63) is 36.4 Å². The molecular formula is C17H24N6O2.